The molecule has 142 valence electrons. The zero-order valence-corrected chi connectivity index (χ0v) is 16.3. The third-order valence-corrected chi connectivity index (χ3v) is 4.53. The van der Waals surface area contributed by atoms with Gasteiger partial charge in [-0.05, 0) is 43.7 Å². The van der Waals surface area contributed by atoms with Gasteiger partial charge in [-0.2, -0.15) is 0 Å². The lowest BCUT2D eigenvalue weighted by Crippen LogP contribution is -2.40. The van der Waals surface area contributed by atoms with Gasteiger partial charge >= 0.3 is 0 Å². The quantitative estimate of drug-likeness (QED) is 0.610. The predicted octanol–water partition coefficient (Wildman–Crippen LogP) is 3.61. The topological polar surface area (TPSA) is 67.6 Å². The standard InChI is InChI=1S/C19H23N3O2.2ClH/c1-22-12-11-15(13-18(22)16-9-5-6-10-17(16)20)24-21-19(23)14-7-3-2-4-8-14;;/h2-10,15,18H,11-13,20H2,1H3,(H,21,23);2*1H. The minimum atomic E-state index is -0.217. The second-order valence-electron chi connectivity index (χ2n) is 6.19. The summed E-state index contributed by atoms with van der Waals surface area (Å²) in [6.45, 7) is 0.894. The van der Waals surface area contributed by atoms with Gasteiger partial charge in [-0.1, -0.05) is 36.4 Å². The fourth-order valence-corrected chi connectivity index (χ4v) is 3.12. The number of halogens is 2. The van der Waals surface area contributed by atoms with E-state index in [2.05, 4.69) is 23.5 Å². The molecule has 2 atom stereocenters. The SMILES string of the molecule is CN1CCC(ONC(=O)c2ccccc2)CC1c1ccccc1N.Cl.Cl. The summed E-state index contributed by atoms with van der Waals surface area (Å²) in [7, 11) is 2.09. The second kappa shape index (κ2) is 10.4. The first kappa shape index (κ1) is 22.3. The van der Waals surface area contributed by atoms with Crippen molar-refractivity contribution < 1.29 is 9.63 Å². The molecule has 3 rings (SSSR count). The molecule has 2 aromatic carbocycles. The Morgan fingerprint density at radius 1 is 1.12 bits per heavy atom. The van der Waals surface area contributed by atoms with E-state index in [9.17, 15) is 4.79 Å². The van der Waals surface area contributed by atoms with E-state index < -0.39 is 0 Å². The van der Waals surface area contributed by atoms with E-state index >= 15 is 0 Å². The third kappa shape index (κ3) is 5.35. The number of hydrogen-bond donors (Lipinski definition) is 2. The van der Waals surface area contributed by atoms with Crippen molar-refractivity contribution in [2.45, 2.75) is 25.0 Å². The molecule has 0 aromatic heterocycles. The van der Waals surface area contributed by atoms with Crippen molar-refractivity contribution in [3.8, 4) is 0 Å². The Morgan fingerprint density at radius 3 is 2.46 bits per heavy atom. The Balaban J connectivity index is 0.00000169. The third-order valence-electron chi connectivity index (χ3n) is 4.53. The molecule has 0 radical (unpaired) electrons. The van der Waals surface area contributed by atoms with Crippen molar-refractivity contribution in [1.29, 1.82) is 0 Å². The minimum Gasteiger partial charge on any atom is -0.398 e. The van der Waals surface area contributed by atoms with E-state index in [1.807, 2.05) is 36.4 Å². The van der Waals surface area contributed by atoms with Crippen LogP contribution in [0.2, 0.25) is 0 Å². The van der Waals surface area contributed by atoms with Gasteiger partial charge in [0.05, 0.1) is 6.10 Å². The summed E-state index contributed by atoms with van der Waals surface area (Å²) in [5.74, 6) is -0.217. The zero-order chi connectivity index (χ0) is 16.9. The van der Waals surface area contributed by atoms with Crippen LogP contribution in [0.5, 0.6) is 0 Å². The van der Waals surface area contributed by atoms with Crippen molar-refractivity contribution in [2.24, 2.45) is 0 Å². The fraction of sp³-hybridized carbons (Fsp3) is 0.316. The number of nitrogens with one attached hydrogen (secondary N) is 1. The molecule has 1 fully saturated rings. The average molecular weight is 398 g/mol. The number of carbonyl (C=O) groups excluding carboxylic acids is 1. The maximum Gasteiger partial charge on any atom is 0.274 e. The number of rotatable bonds is 4. The van der Waals surface area contributed by atoms with Gasteiger partial charge in [-0.15, -0.1) is 24.8 Å². The highest BCUT2D eigenvalue weighted by Crippen LogP contribution is 2.33. The molecule has 0 aliphatic carbocycles. The monoisotopic (exact) mass is 397 g/mol. The summed E-state index contributed by atoms with van der Waals surface area (Å²) in [6.07, 6.45) is 1.63. The van der Waals surface area contributed by atoms with Crippen LogP contribution in [0.25, 0.3) is 0 Å². The first-order chi connectivity index (χ1) is 11.6. The van der Waals surface area contributed by atoms with Crippen LogP contribution in [0.1, 0.15) is 34.8 Å². The van der Waals surface area contributed by atoms with E-state index in [4.69, 9.17) is 10.6 Å². The smallest absolute Gasteiger partial charge is 0.274 e. The van der Waals surface area contributed by atoms with Crippen LogP contribution in [0, 0.1) is 0 Å². The number of piperidine rings is 1. The Hall–Kier alpha value is -1.79. The zero-order valence-electron chi connectivity index (χ0n) is 14.6. The number of likely N-dealkylation sites (tertiary alicyclic amines) is 1. The van der Waals surface area contributed by atoms with Crippen molar-refractivity contribution in [3.63, 3.8) is 0 Å². The van der Waals surface area contributed by atoms with Crippen LogP contribution in [-0.4, -0.2) is 30.5 Å². The molecule has 2 aromatic rings. The minimum absolute atomic E-state index is 0. The van der Waals surface area contributed by atoms with Gasteiger partial charge in [0.15, 0.2) is 0 Å². The lowest BCUT2D eigenvalue weighted by atomic mass is 9.93. The number of hydrogen-bond acceptors (Lipinski definition) is 4. The van der Waals surface area contributed by atoms with E-state index in [1.165, 1.54) is 0 Å². The molecular formula is C19H25Cl2N3O2. The average Bonchev–Trinajstić information content (AvgIpc) is 2.62. The Labute approximate surface area is 166 Å². The van der Waals surface area contributed by atoms with Gasteiger partial charge < -0.3 is 5.73 Å². The number of nitrogen functional groups attached to an aromatic ring is 1. The molecule has 1 saturated heterocycles. The number of carbonyl (C=O) groups is 1. The predicted molar refractivity (Wildman–Crippen MR) is 109 cm³/mol. The molecule has 3 N–H and O–H groups in total. The number of nitrogens with zero attached hydrogens (tertiary/aromatic N) is 1. The first-order valence-electron chi connectivity index (χ1n) is 8.21. The molecular weight excluding hydrogens is 373 g/mol. The molecule has 1 heterocycles. The van der Waals surface area contributed by atoms with E-state index in [1.54, 1.807) is 12.1 Å². The number of hydroxylamine groups is 1. The summed E-state index contributed by atoms with van der Waals surface area (Å²) in [5.41, 5.74) is 11.2. The van der Waals surface area contributed by atoms with Gasteiger partial charge in [0.2, 0.25) is 0 Å². The maximum absolute atomic E-state index is 12.1. The first-order valence-corrected chi connectivity index (χ1v) is 8.21. The Kier molecular flexibility index (Phi) is 8.88. The normalized spacial score (nSPS) is 19.7. The molecule has 26 heavy (non-hydrogen) atoms. The van der Waals surface area contributed by atoms with Gasteiger partial charge in [0.1, 0.15) is 0 Å². The van der Waals surface area contributed by atoms with Gasteiger partial charge in [-0.25, -0.2) is 5.48 Å². The van der Waals surface area contributed by atoms with Crippen LogP contribution in [0.4, 0.5) is 5.69 Å². The largest absolute Gasteiger partial charge is 0.398 e. The summed E-state index contributed by atoms with van der Waals surface area (Å²) >= 11 is 0. The fourth-order valence-electron chi connectivity index (χ4n) is 3.12. The molecule has 1 amide bonds. The summed E-state index contributed by atoms with van der Waals surface area (Å²) in [4.78, 5) is 20.0. The van der Waals surface area contributed by atoms with Crippen molar-refractivity contribution >= 4 is 36.4 Å². The highest BCUT2D eigenvalue weighted by Gasteiger charge is 2.29. The van der Waals surface area contributed by atoms with Gasteiger partial charge in [-0.3, -0.25) is 14.5 Å². The number of nitrogens with two attached hydrogens (primary N) is 1. The lowest BCUT2D eigenvalue weighted by Gasteiger charge is -2.37. The number of benzene rings is 2. The molecule has 5 nitrogen and oxygen atoms in total. The van der Waals surface area contributed by atoms with Crippen molar-refractivity contribution in [2.75, 3.05) is 19.3 Å². The van der Waals surface area contributed by atoms with Crippen LogP contribution in [0.15, 0.2) is 54.6 Å². The number of amides is 1. The molecule has 0 bridgehead atoms. The Morgan fingerprint density at radius 2 is 1.77 bits per heavy atom. The van der Waals surface area contributed by atoms with E-state index in [0.29, 0.717) is 5.56 Å². The number of para-hydroxylation sites is 1. The molecule has 1 aliphatic heterocycles. The second-order valence-corrected chi connectivity index (χ2v) is 6.19. The highest BCUT2D eigenvalue weighted by atomic mass is 35.5. The maximum atomic E-state index is 12.1. The van der Waals surface area contributed by atoms with E-state index in [0.717, 1.165) is 30.6 Å². The molecule has 0 saturated carbocycles. The summed E-state index contributed by atoms with van der Waals surface area (Å²) < 4.78 is 0. The van der Waals surface area contributed by atoms with Crippen LogP contribution in [-0.2, 0) is 4.84 Å². The van der Waals surface area contributed by atoms with Crippen LogP contribution in [0.3, 0.4) is 0 Å². The lowest BCUT2D eigenvalue weighted by molar-refractivity contribution is -0.0536. The molecule has 2 unspecified atom stereocenters. The Bertz CT molecular complexity index is 700. The van der Waals surface area contributed by atoms with Gasteiger partial charge in [0, 0.05) is 23.8 Å². The van der Waals surface area contributed by atoms with E-state index in [-0.39, 0.29) is 42.9 Å². The molecule has 7 heteroatoms. The molecule has 1 aliphatic rings. The van der Waals surface area contributed by atoms with Crippen LogP contribution < -0.4 is 11.2 Å². The molecule has 0 spiro atoms. The highest BCUT2D eigenvalue weighted by molar-refractivity contribution is 5.93. The van der Waals surface area contributed by atoms with Crippen molar-refractivity contribution in [1.82, 2.24) is 10.4 Å². The number of anilines is 1. The van der Waals surface area contributed by atoms with Crippen molar-refractivity contribution in [3.05, 3.63) is 65.7 Å². The van der Waals surface area contributed by atoms with Crippen LogP contribution >= 0.6 is 24.8 Å². The van der Waals surface area contributed by atoms with Gasteiger partial charge in [0.25, 0.3) is 5.91 Å². The summed E-state index contributed by atoms with van der Waals surface area (Å²) in [6, 6.07) is 17.2. The summed E-state index contributed by atoms with van der Waals surface area (Å²) in [5, 5.41) is 0.